The summed E-state index contributed by atoms with van der Waals surface area (Å²) >= 11 is 0. The van der Waals surface area contributed by atoms with Crippen molar-refractivity contribution in [2.24, 2.45) is 0 Å². The van der Waals surface area contributed by atoms with Crippen LogP contribution in [0.25, 0.3) is 0 Å². The van der Waals surface area contributed by atoms with Crippen LogP contribution >= 0.6 is 0 Å². The van der Waals surface area contributed by atoms with Crippen molar-refractivity contribution in [3.05, 3.63) is 22.9 Å². The summed E-state index contributed by atoms with van der Waals surface area (Å²) in [6.45, 7) is 4.54. The minimum atomic E-state index is -0.908. The molecule has 0 saturated heterocycles. The number of hydrogen-bond acceptors (Lipinski definition) is 4. The van der Waals surface area contributed by atoms with Crippen molar-refractivity contribution >= 4 is 11.8 Å². The molecule has 0 bridgehead atoms. The van der Waals surface area contributed by atoms with Crippen molar-refractivity contribution in [1.29, 1.82) is 0 Å². The number of carbonyl (C=O) groups is 1. The molecule has 1 aromatic rings. The summed E-state index contributed by atoms with van der Waals surface area (Å²) in [7, 11) is 6.14. The van der Waals surface area contributed by atoms with Gasteiger partial charge in [0.2, 0.25) is 0 Å². The van der Waals surface area contributed by atoms with Gasteiger partial charge in [0.15, 0.2) is 0 Å². The number of carboxylic acids is 1. The van der Waals surface area contributed by atoms with E-state index in [0.717, 1.165) is 30.6 Å². The Morgan fingerprint density at radius 1 is 1.33 bits per heavy atom. The Morgan fingerprint density at radius 3 is 2.38 bits per heavy atom. The van der Waals surface area contributed by atoms with E-state index < -0.39 is 5.97 Å². The first-order chi connectivity index (χ1) is 9.77. The van der Waals surface area contributed by atoms with Crippen LogP contribution in [-0.4, -0.2) is 54.2 Å². The Balaban J connectivity index is 2.35. The molecule has 0 radical (unpaired) electrons. The number of anilines is 1. The SMILES string of the molecule is Cc1cc(C)c(C(=O)O)c(N(C)CC2(N(C)C)CCC2)n1. The zero-order valence-corrected chi connectivity index (χ0v) is 13.6. The Labute approximate surface area is 126 Å². The van der Waals surface area contributed by atoms with Crippen molar-refractivity contribution in [1.82, 2.24) is 9.88 Å². The van der Waals surface area contributed by atoms with Crippen molar-refractivity contribution in [3.63, 3.8) is 0 Å². The van der Waals surface area contributed by atoms with Crippen LogP contribution in [0, 0.1) is 13.8 Å². The molecule has 0 unspecified atom stereocenters. The summed E-state index contributed by atoms with van der Waals surface area (Å²) in [4.78, 5) is 20.3. The summed E-state index contributed by atoms with van der Waals surface area (Å²) in [5.41, 5.74) is 2.08. The predicted octanol–water partition coefficient (Wildman–Crippen LogP) is 2.32. The number of aryl methyl sites for hydroxylation is 2. The molecule has 1 aliphatic rings. The number of likely N-dealkylation sites (N-methyl/N-ethyl adjacent to an activating group) is 2. The van der Waals surface area contributed by atoms with Gasteiger partial charge in [0.25, 0.3) is 0 Å². The highest BCUT2D eigenvalue weighted by molar-refractivity contribution is 5.95. The number of pyridine rings is 1. The van der Waals surface area contributed by atoms with E-state index in [1.807, 2.05) is 31.9 Å². The Morgan fingerprint density at radius 2 is 1.95 bits per heavy atom. The quantitative estimate of drug-likeness (QED) is 0.902. The lowest BCUT2D eigenvalue weighted by atomic mass is 9.75. The Hall–Kier alpha value is -1.62. The molecule has 21 heavy (non-hydrogen) atoms. The second-order valence-electron chi connectivity index (χ2n) is 6.41. The smallest absolute Gasteiger partial charge is 0.339 e. The zero-order valence-electron chi connectivity index (χ0n) is 13.6. The van der Waals surface area contributed by atoms with Crippen molar-refractivity contribution in [3.8, 4) is 0 Å². The lowest BCUT2D eigenvalue weighted by Crippen LogP contribution is -2.57. The van der Waals surface area contributed by atoms with Gasteiger partial charge in [-0.3, -0.25) is 0 Å². The average Bonchev–Trinajstić information content (AvgIpc) is 2.31. The van der Waals surface area contributed by atoms with Crippen LogP contribution in [0.2, 0.25) is 0 Å². The molecule has 5 heteroatoms. The molecule has 5 nitrogen and oxygen atoms in total. The largest absolute Gasteiger partial charge is 0.478 e. The van der Waals surface area contributed by atoms with Gasteiger partial charge in [-0.1, -0.05) is 0 Å². The molecule has 0 amide bonds. The minimum Gasteiger partial charge on any atom is -0.478 e. The first-order valence-corrected chi connectivity index (χ1v) is 7.37. The van der Waals surface area contributed by atoms with Crippen molar-refractivity contribution in [2.75, 3.05) is 32.6 Å². The van der Waals surface area contributed by atoms with Crippen molar-refractivity contribution < 1.29 is 9.90 Å². The molecule has 1 N–H and O–H groups in total. The average molecular weight is 291 g/mol. The zero-order chi connectivity index (χ0) is 15.8. The van der Waals surface area contributed by atoms with Gasteiger partial charge in [-0.05, 0) is 58.8 Å². The van der Waals surface area contributed by atoms with E-state index in [1.165, 1.54) is 6.42 Å². The summed E-state index contributed by atoms with van der Waals surface area (Å²) in [6.07, 6.45) is 3.53. The van der Waals surface area contributed by atoms with Crippen LogP contribution in [0.5, 0.6) is 0 Å². The van der Waals surface area contributed by atoms with Gasteiger partial charge >= 0.3 is 5.97 Å². The standard InChI is InChI=1S/C16H25N3O2/c1-11-9-12(2)17-14(13(11)15(20)21)19(5)10-16(18(3)4)7-6-8-16/h9H,6-8,10H2,1-5H3,(H,20,21). The van der Waals surface area contributed by atoms with E-state index in [-0.39, 0.29) is 5.54 Å². The van der Waals surface area contributed by atoms with Gasteiger partial charge in [0.1, 0.15) is 11.4 Å². The molecule has 2 rings (SSSR count). The van der Waals surface area contributed by atoms with Gasteiger partial charge in [0.05, 0.1) is 0 Å². The molecule has 0 spiro atoms. The van der Waals surface area contributed by atoms with Crippen LogP contribution in [-0.2, 0) is 0 Å². The second-order valence-corrected chi connectivity index (χ2v) is 6.41. The number of rotatable bonds is 5. The predicted molar refractivity (Wildman–Crippen MR) is 84.2 cm³/mol. The molecule has 0 aliphatic heterocycles. The van der Waals surface area contributed by atoms with Crippen LogP contribution < -0.4 is 4.90 Å². The van der Waals surface area contributed by atoms with E-state index in [0.29, 0.717) is 11.4 Å². The fourth-order valence-electron chi connectivity index (χ4n) is 3.21. The summed E-state index contributed by atoms with van der Waals surface area (Å²) in [5.74, 6) is -0.331. The third kappa shape index (κ3) is 2.88. The fraction of sp³-hybridized carbons (Fsp3) is 0.625. The van der Waals surface area contributed by atoms with Gasteiger partial charge in [-0.2, -0.15) is 0 Å². The third-order valence-electron chi connectivity index (χ3n) is 4.67. The summed E-state index contributed by atoms with van der Waals surface area (Å²) < 4.78 is 0. The summed E-state index contributed by atoms with van der Waals surface area (Å²) in [6, 6.07) is 1.83. The minimum absolute atomic E-state index is 0.143. The van der Waals surface area contributed by atoms with Crippen LogP contribution in [0.15, 0.2) is 6.07 Å². The first-order valence-electron chi connectivity index (χ1n) is 7.37. The normalized spacial score (nSPS) is 16.7. The maximum Gasteiger partial charge on any atom is 0.339 e. The van der Waals surface area contributed by atoms with Crippen LogP contribution in [0.3, 0.4) is 0 Å². The number of nitrogens with zero attached hydrogens (tertiary/aromatic N) is 3. The summed E-state index contributed by atoms with van der Waals surface area (Å²) in [5, 5.41) is 9.49. The molecule has 1 aliphatic carbocycles. The third-order valence-corrected chi connectivity index (χ3v) is 4.67. The molecule has 0 aromatic carbocycles. The maximum atomic E-state index is 11.6. The van der Waals surface area contributed by atoms with E-state index in [1.54, 1.807) is 0 Å². The molecule has 1 fully saturated rings. The topological polar surface area (TPSA) is 56.7 Å². The lowest BCUT2D eigenvalue weighted by molar-refractivity contribution is 0.0668. The highest BCUT2D eigenvalue weighted by Gasteiger charge is 2.40. The van der Waals surface area contributed by atoms with E-state index >= 15 is 0 Å². The molecular weight excluding hydrogens is 266 g/mol. The molecule has 1 aromatic heterocycles. The molecular formula is C16H25N3O2. The molecule has 116 valence electrons. The Kier molecular flexibility index (Phi) is 4.23. The number of carboxylic acid groups (broad SMARTS) is 1. The van der Waals surface area contributed by atoms with Crippen LogP contribution in [0.4, 0.5) is 5.82 Å². The van der Waals surface area contributed by atoms with Gasteiger partial charge in [0, 0.05) is 24.8 Å². The number of hydrogen-bond donors (Lipinski definition) is 1. The van der Waals surface area contributed by atoms with Gasteiger partial charge < -0.3 is 14.9 Å². The molecule has 0 atom stereocenters. The molecule has 1 heterocycles. The molecule has 1 saturated carbocycles. The highest BCUT2D eigenvalue weighted by atomic mass is 16.4. The van der Waals surface area contributed by atoms with Gasteiger partial charge in [-0.25, -0.2) is 9.78 Å². The second kappa shape index (κ2) is 5.64. The Bertz CT molecular complexity index is 551. The fourth-order valence-corrected chi connectivity index (χ4v) is 3.21. The maximum absolute atomic E-state index is 11.6. The van der Waals surface area contributed by atoms with Gasteiger partial charge in [-0.15, -0.1) is 0 Å². The van der Waals surface area contributed by atoms with E-state index in [9.17, 15) is 9.90 Å². The number of aromatic nitrogens is 1. The highest BCUT2D eigenvalue weighted by Crippen LogP contribution is 2.37. The lowest BCUT2D eigenvalue weighted by Gasteiger charge is -2.49. The van der Waals surface area contributed by atoms with Crippen molar-refractivity contribution in [2.45, 2.75) is 38.6 Å². The monoisotopic (exact) mass is 291 g/mol. The first kappa shape index (κ1) is 15.8. The van der Waals surface area contributed by atoms with E-state index in [4.69, 9.17) is 0 Å². The number of aromatic carboxylic acids is 1. The van der Waals surface area contributed by atoms with E-state index in [2.05, 4.69) is 24.0 Å². The van der Waals surface area contributed by atoms with Crippen LogP contribution in [0.1, 0.15) is 40.9 Å².